The third-order valence-corrected chi connectivity index (χ3v) is 1.74. The molecule has 0 aliphatic heterocycles. The zero-order valence-corrected chi connectivity index (χ0v) is 7.70. The Morgan fingerprint density at radius 1 is 1.36 bits per heavy atom. The molecule has 5 nitrogen and oxygen atoms in total. The number of nitrogens with two attached hydrogens (primary N) is 2. The minimum absolute atomic E-state index is 0.351. The molecule has 1 rings (SSSR count). The number of hydrogen-bond donors (Lipinski definition) is 3. The highest BCUT2D eigenvalue weighted by Crippen LogP contribution is 2.12. The van der Waals surface area contributed by atoms with Crippen molar-refractivity contribution in [3.63, 3.8) is 0 Å². The van der Waals surface area contributed by atoms with Crippen molar-refractivity contribution in [3.8, 4) is 0 Å². The Kier molecular flexibility index (Phi) is 2.71. The fourth-order valence-electron chi connectivity index (χ4n) is 1.06. The van der Waals surface area contributed by atoms with Crippen molar-refractivity contribution in [2.24, 2.45) is 5.73 Å². The van der Waals surface area contributed by atoms with Gasteiger partial charge in [-0.05, 0) is 24.6 Å². The normalized spacial score (nSPS) is 9.50. The van der Waals surface area contributed by atoms with Crippen LogP contribution in [0.5, 0.6) is 0 Å². The lowest BCUT2D eigenvalue weighted by molar-refractivity contribution is 0.0965. The fourth-order valence-corrected chi connectivity index (χ4v) is 1.06. The van der Waals surface area contributed by atoms with Gasteiger partial charge in [0, 0.05) is 11.3 Å². The van der Waals surface area contributed by atoms with Crippen molar-refractivity contribution >= 4 is 17.6 Å². The summed E-state index contributed by atoms with van der Waals surface area (Å²) in [6.07, 6.45) is 0. The number of anilines is 1. The van der Waals surface area contributed by atoms with E-state index in [-0.39, 0.29) is 0 Å². The number of imide groups is 1. The first-order chi connectivity index (χ1) is 6.50. The molecule has 0 spiro atoms. The van der Waals surface area contributed by atoms with E-state index < -0.39 is 11.9 Å². The molecule has 0 atom stereocenters. The van der Waals surface area contributed by atoms with E-state index in [0.717, 1.165) is 5.56 Å². The summed E-state index contributed by atoms with van der Waals surface area (Å²) in [7, 11) is 0. The topological polar surface area (TPSA) is 98.2 Å². The molecule has 3 amide bonds. The number of carbonyl (C=O) groups excluding carboxylic acids is 2. The van der Waals surface area contributed by atoms with E-state index in [1.54, 1.807) is 19.1 Å². The van der Waals surface area contributed by atoms with Crippen LogP contribution in [0.3, 0.4) is 0 Å². The molecule has 0 saturated heterocycles. The van der Waals surface area contributed by atoms with Crippen molar-refractivity contribution in [1.29, 1.82) is 0 Å². The summed E-state index contributed by atoms with van der Waals surface area (Å²) in [5, 5.41) is 1.97. The first kappa shape index (κ1) is 10.0. The number of urea groups is 1. The molecular formula is C9H11N3O2. The number of amides is 3. The molecule has 0 heterocycles. The van der Waals surface area contributed by atoms with Crippen LogP contribution in [0, 0.1) is 6.92 Å². The van der Waals surface area contributed by atoms with Gasteiger partial charge in [0.2, 0.25) is 0 Å². The maximum atomic E-state index is 11.4. The van der Waals surface area contributed by atoms with Gasteiger partial charge in [0.25, 0.3) is 5.91 Å². The van der Waals surface area contributed by atoms with Crippen molar-refractivity contribution in [2.75, 3.05) is 5.73 Å². The predicted octanol–water partition coefficient (Wildman–Crippen LogP) is 0.386. The maximum absolute atomic E-state index is 11.4. The monoisotopic (exact) mass is 193 g/mol. The first-order valence-corrected chi connectivity index (χ1v) is 3.97. The lowest BCUT2D eigenvalue weighted by Crippen LogP contribution is -2.35. The molecule has 14 heavy (non-hydrogen) atoms. The molecule has 5 N–H and O–H groups in total. The van der Waals surface area contributed by atoms with Crippen molar-refractivity contribution < 1.29 is 9.59 Å². The summed E-state index contributed by atoms with van der Waals surface area (Å²) in [5.41, 5.74) is 11.9. The summed E-state index contributed by atoms with van der Waals surface area (Å²) < 4.78 is 0. The van der Waals surface area contributed by atoms with Crippen LogP contribution in [-0.2, 0) is 0 Å². The molecule has 74 valence electrons. The van der Waals surface area contributed by atoms with Gasteiger partial charge in [0.05, 0.1) is 0 Å². The molecule has 0 aliphatic rings. The Morgan fingerprint density at radius 2 is 2.00 bits per heavy atom. The average Bonchev–Trinajstić information content (AvgIpc) is 2.08. The number of rotatable bonds is 1. The Labute approximate surface area is 81.1 Å². The van der Waals surface area contributed by atoms with Gasteiger partial charge in [0.15, 0.2) is 0 Å². The highest BCUT2D eigenvalue weighted by molar-refractivity contribution is 6.05. The number of hydrogen-bond acceptors (Lipinski definition) is 3. The standard InChI is InChI=1S/C9H11N3O2/c1-5-2-3-6(10)4-7(5)8(13)12-9(11)14/h2-4H,10H2,1H3,(H3,11,12,13,14). The van der Waals surface area contributed by atoms with Crippen LogP contribution in [0.1, 0.15) is 15.9 Å². The number of nitrogen functional groups attached to an aromatic ring is 1. The van der Waals surface area contributed by atoms with E-state index in [2.05, 4.69) is 0 Å². The largest absolute Gasteiger partial charge is 0.399 e. The molecule has 0 radical (unpaired) electrons. The molecule has 5 heteroatoms. The highest BCUT2D eigenvalue weighted by Gasteiger charge is 2.10. The van der Waals surface area contributed by atoms with Crippen LogP contribution in [-0.4, -0.2) is 11.9 Å². The quantitative estimate of drug-likeness (QED) is 0.562. The van der Waals surface area contributed by atoms with E-state index in [9.17, 15) is 9.59 Å². The molecule has 1 aromatic carbocycles. The van der Waals surface area contributed by atoms with E-state index in [1.165, 1.54) is 6.07 Å². The van der Waals surface area contributed by atoms with Crippen LogP contribution < -0.4 is 16.8 Å². The summed E-state index contributed by atoms with van der Waals surface area (Å²) in [5.74, 6) is -0.540. The minimum Gasteiger partial charge on any atom is -0.399 e. The van der Waals surface area contributed by atoms with Gasteiger partial charge in [-0.25, -0.2) is 4.79 Å². The van der Waals surface area contributed by atoms with Crippen LogP contribution in [0.25, 0.3) is 0 Å². The summed E-state index contributed by atoms with van der Waals surface area (Å²) in [6, 6.07) is 3.99. The number of nitrogens with one attached hydrogen (secondary N) is 1. The lowest BCUT2D eigenvalue weighted by atomic mass is 10.1. The van der Waals surface area contributed by atoms with E-state index >= 15 is 0 Å². The zero-order valence-electron chi connectivity index (χ0n) is 7.70. The second-order valence-corrected chi connectivity index (χ2v) is 2.89. The zero-order chi connectivity index (χ0) is 10.7. The Balaban J connectivity index is 3.00. The highest BCUT2D eigenvalue weighted by atomic mass is 16.2. The molecule has 0 saturated carbocycles. The lowest BCUT2D eigenvalue weighted by Gasteiger charge is -2.05. The third kappa shape index (κ3) is 2.22. The summed E-state index contributed by atoms with van der Waals surface area (Å²) >= 11 is 0. The minimum atomic E-state index is -0.878. The van der Waals surface area contributed by atoms with Crippen LogP contribution in [0.15, 0.2) is 18.2 Å². The van der Waals surface area contributed by atoms with Crippen molar-refractivity contribution in [2.45, 2.75) is 6.92 Å². The second kappa shape index (κ2) is 3.78. The molecule has 0 fully saturated rings. The smallest absolute Gasteiger partial charge is 0.319 e. The fraction of sp³-hybridized carbons (Fsp3) is 0.111. The first-order valence-electron chi connectivity index (χ1n) is 3.97. The van der Waals surface area contributed by atoms with Gasteiger partial charge in [-0.3, -0.25) is 10.1 Å². The SMILES string of the molecule is Cc1ccc(N)cc1C(=O)NC(N)=O. The summed E-state index contributed by atoms with van der Waals surface area (Å²) in [6.45, 7) is 1.75. The van der Waals surface area contributed by atoms with E-state index in [0.29, 0.717) is 11.3 Å². The summed E-state index contributed by atoms with van der Waals surface area (Å²) in [4.78, 5) is 21.8. The number of aryl methyl sites for hydroxylation is 1. The van der Waals surface area contributed by atoms with Gasteiger partial charge in [0.1, 0.15) is 0 Å². The van der Waals surface area contributed by atoms with Crippen LogP contribution in [0.4, 0.5) is 10.5 Å². The maximum Gasteiger partial charge on any atom is 0.319 e. The molecule has 0 unspecified atom stereocenters. The molecule has 0 aromatic heterocycles. The molecule has 0 aliphatic carbocycles. The molecular weight excluding hydrogens is 182 g/mol. The van der Waals surface area contributed by atoms with Crippen LogP contribution in [0.2, 0.25) is 0 Å². The van der Waals surface area contributed by atoms with Gasteiger partial charge in [-0.15, -0.1) is 0 Å². The van der Waals surface area contributed by atoms with Gasteiger partial charge in [-0.1, -0.05) is 6.07 Å². The molecule has 0 bridgehead atoms. The predicted molar refractivity (Wildman–Crippen MR) is 52.6 cm³/mol. The number of primary amides is 1. The van der Waals surface area contributed by atoms with Gasteiger partial charge < -0.3 is 11.5 Å². The Hall–Kier alpha value is -2.04. The number of carbonyl (C=O) groups is 2. The number of benzene rings is 1. The molecule has 1 aromatic rings. The third-order valence-electron chi connectivity index (χ3n) is 1.74. The Bertz CT molecular complexity index is 388. The van der Waals surface area contributed by atoms with Gasteiger partial charge in [-0.2, -0.15) is 0 Å². The van der Waals surface area contributed by atoms with Crippen molar-refractivity contribution in [1.82, 2.24) is 5.32 Å². The second-order valence-electron chi connectivity index (χ2n) is 2.89. The van der Waals surface area contributed by atoms with E-state index in [1.807, 2.05) is 5.32 Å². The van der Waals surface area contributed by atoms with Crippen molar-refractivity contribution in [3.05, 3.63) is 29.3 Å². The van der Waals surface area contributed by atoms with E-state index in [4.69, 9.17) is 11.5 Å². The van der Waals surface area contributed by atoms with Crippen LogP contribution >= 0.6 is 0 Å². The van der Waals surface area contributed by atoms with Gasteiger partial charge >= 0.3 is 6.03 Å². The average molecular weight is 193 g/mol. The Morgan fingerprint density at radius 3 is 2.57 bits per heavy atom.